The first-order chi connectivity index (χ1) is 12.3. The van der Waals surface area contributed by atoms with Gasteiger partial charge in [0.1, 0.15) is 0 Å². The summed E-state index contributed by atoms with van der Waals surface area (Å²) >= 11 is 0. The third kappa shape index (κ3) is 4.09. The van der Waals surface area contributed by atoms with Crippen LogP contribution >= 0.6 is 12.4 Å². The molecule has 140 valence electrons. The second kappa shape index (κ2) is 8.66. The number of likely N-dealkylation sites (tertiary alicyclic amines) is 1. The number of hydrogen-bond acceptors (Lipinski definition) is 4. The van der Waals surface area contributed by atoms with Gasteiger partial charge in [0, 0.05) is 43.9 Å². The summed E-state index contributed by atoms with van der Waals surface area (Å²) in [5, 5.41) is 10.6. The molecular formula is C19H25ClN4O2. The lowest BCUT2D eigenvalue weighted by atomic mass is 10.0. The number of rotatable bonds is 4. The standard InChI is InChI=1S/C19H24N4O2.ClH/c24-19(18-16-12-20-9-6-17(16)21-22-18)23-10-7-15(8-11-23)25-13-14-4-2-1-3-5-14;/h1-5,15,20H,6-13H2,(H,21,22);1H. The van der Waals surface area contributed by atoms with E-state index in [1.165, 1.54) is 5.56 Å². The van der Waals surface area contributed by atoms with Gasteiger partial charge >= 0.3 is 0 Å². The molecule has 0 bridgehead atoms. The van der Waals surface area contributed by atoms with E-state index in [2.05, 4.69) is 27.6 Å². The monoisotopic (exact) mass is 376 g/mol. The summed E-state index contributed by atoms with van der Waals surface area (Å²) in [4.78, 5) is 14.7. The number of amides is 1. The number of piperidine rings is 1. The minimum Gasteiger partial charge on any atom is -0.373 e. The van der Waals surface area contributed by atoms with Crippen LogP contribution in [0.5, 0.6) is 0 Å². The van der Waals surface area contributed by atoms with Gasteiger partial charge in [0.25, 0.3) is 5.91 Å². The van der Waals surface area contributed by atoms with E-state index in [9.17, 15) is 4.79 Å². The molecule has 2 aliphatic rings. The molecule has 0 unspecified atom stereocenters. The molecule has 0 atom stereocenters. The van der Waals surface area contributed by atoms with Crippen LogP contribution in [0.15, 0.2) is 30.3 Å². The molecule has 2 N–H and O–H groups in total. The number of benzene rings is 1. The van der Waals surface area contributed by atoms with Crippen LogP contribution in [-0.4, -0.2) is 46.7 Å². The van der Waals surface area contributed by atoms with Gasteiger partial charge in [-0.1, -0.05) is 30.3 Å². The van der Waals surface area contributed by atoms with E-state index in [1.54, 1.807) is 0 Å². The largest absolute Gasteiger partial charge is 0.373 e. The maximum atomic E-state index is 12.8. The number of halogens is 1. The highest BCUT2D eigenvalue weighted by molar-refractivity contribution is 5.94. The molecule has 2 aromatic rings. The number of H-pyrrole nitrogens is 1. The molecule has 3 heterocycles. The number of carbonyl (C=O) groups is 1. The average Bonchev–Trinajstić information content (AvgIpc) is 3.11. The molecule has 1 aromatic carbocycles. The summed E-state index contributed by atoms with van der Waals surface area (Å²) in [6.45, 7) is 3.76. The van der Waals surface area contributed by atoms with Crippen LogP contribution in [0.1, 0.15) is 40.2 Å². The van der Waals surface area contributed by atoms with E-state index in [1.807, 2.05) is 23.1 Å². The molecule has 0 aliphatic carbocycles. The van der Waals surface area contributed by atoms with Gasteiger partial charge in [-0.15, -0.1) is 12.4 Å². The van der Waals surface area contributed by atoms with Crippen molar-refractivity contribution >= 4 is 18.3 Å². The van der Waals surface area contributed by atoms with Gasteiger partial charge < -0.3 is 15.0 Å². The molecule has 1 amide bonds. The van der Waals surface area contributed by atoms with Crippen molar-refractivity contribution in [2.45, 2.75) is 38.5 Å². The predicted molar refractivity (Wildman–Crippen MR) is 101 cm³/mol. The first kappa shape index (κ1) is 18.9. The Kier molecular flexibility index (Phi) is 6.29. The van der Waals surface area contributed by atoms with E-state index >= 15 is 0 Å². The molecule has 26 heavy (non-hydrogen) atoms. The highest BCUT2D eigenvalue weighted by Crippen LogP contribution is 2.21. The Bertz CT molecular complexity index is 726. The van der Waals surface area contributed by atoms with Crippen LogP contribution in [0.2, 0.25) is 0 Å². The van der Waals surface area contributed by atoms with Gasteiger partial charge in [-0.05, 0) is 18.4 Å². The molecule has 4 rings (SSSR count). The number of nitrogens with zero attached hydrogens (tertiary/aromatic N) is 2. The zero-order chi connectivity index (χ0) is 17.1. The van der Waals surface area contributed by atoms with Crippen molar-refractivity contribution < 1.29 is 9.53 Å². The van der Waals surface area contributed by atoms with E-state index in [0.717, 1.165) is 56.7 Å². The quantitative estimate of drug-likeness (QED) is 0.859. The third-order valence-electron chi connectivity index (χ3n) is 5.07. The number of carbonyl (C=O) groups excluding carboxylic acids is 1. The Morgan fingerprint density at radius 1 is 1.23 bits per heavy atom. The Morgan fingerprint density at radius 3 is 2.77 bits per heavy atom. The highest BCUT2D eigenvalue weighted by Gasteiger charge is 2.28. The molecule has 0 saturated carbocycles. The van der Waals surface area contributed by atoms with E-state index in [0.29, 0.717) is 12.3 Å². The fourth-order valence-corrected chi connectivity index (χ4v) is 3.57. The number of fused-ring (bicyclic) bond motifs is 1. The maximum Gasteiger partial charge on any atom is 0.274 e. The second-order valence-corrected chi connectivity index (χ2v) is 6.74. The van der Waals surface area contributed by atoms with Crippen molar-refractivity contribution in [3.63, 3.8) is 0 Å². The molecule has 0 radical (unpaired) electrons. The number of aromatic amines is 1. The van der Waals surface area contributed by atoms with Crippen LogP contribution in [0.25, 0.3) is 0 Å². The molecule has 6 nitrogen and oxygen atoms in total. The maximum absolute atomic E-state index is 12.8. The van der Waals surface area contributed by atoms with Crippen molar-refractivity contribution in [2.75, 3.05) is 19.6 Å². The number of hydrogen-bond donors (Lipinski definition) is 2. The Hall–Kier alpha value is -1.89. The molecule has 1 fully saturated rings. The zero-order valence-electron chi connectivity index (χ0n) is 14.7. The fraction of sp³-hybridized carbons (Fsp3) is 0.474. The minimum absolute atomic E-state index is 0. The van der Waals surface area contributed by atoms with Gasteiger partial charge in [-0.25, -0.2) is 0 Å². The molecule has 2 aliphatic heterocycles. The van der Waals surface area contributed by atoms with Crippen LogP contribution in [0, 0.1) is 0 Å². The number of aromatic nitrogens is 2. The van der Waals surface area contributed by atoms with Crippen LogP contribution in [-0.2, 0) is 24.3 Å². The first-order valence-electron chi connectivity index (χ1n) is 9.03. The average molecular weight is 377 g/mol. The normalized spacial score (nSPS) is 17.5. The first-order valence-corrected chi connectivity index (χ1v) is 9.03. The zero-order valence-corrected chi connectivity index (χ0v) is 15.6. The van der Waals surface area contributed by atoms with Crippen molar-refractivity contribution in [3.05, 3.63) is 52.8 Å². The Balaban J connectivity index is 0.00000196. The van der Waals surface area contributed by atoms with Gasteiger partial charge in [0.2, 0.25) is 0 Å². The SMILES string of the molecule is Cl.O=C(c1n[nH]c2c1CNCC2)N1CCC(OCc2ccccc2)CC1. The summed E-state index contributed by atoms with van der Waals surface area (Å²) in [6, 6.07) is 10.2. The fourth-order valence-electron chi connectivity index (χ4n) is 3.57. The predicted octanol–water partition coefficient (Wildman–Crippen LogP) is 2.30. The molecule has 7 heteroatoms. The van der Waals surface area contributed by atoms with Crippen molar-refractivity contribution in [2.24, 2.45) is 0 Å². The molecule has 1 aromatic heterocycles. The van der Waals surface area contributed by atoms with E-state index < -0.39 is 0 Å². The summed E-state index contributed by atoms with van der Waals surface area (Å²) in [6.07, 6.45) is 2.89. The van der Waals surface area contributed by atoms with Crippen molar-refractivity contribution in [1.82, 2.24) is 20.4 Å². The summed E-state index contributed by atoms with van der Waals surface area (Å²) in [5.41, 5.74) is 3.92. The number of ether oxygens (including phenoxy) is 1. The van der Waals surface area contributed by atoms with Gasteiger partial charge in [0.05, 0.1) is 12.7 Å². The second-order valence-electron chi connectivity index (χ2n) is 6.74. The van der Waals surface area contributed by atoms with E-state index in [-0.39, 0.29) is 24.4 Å². The lowest BCUT2D eigenvalue weighted by molar-refractivity contribution is -0.000535. The van der Waals surface area contributed by atoms with Crippen molar-refractivity contribution in [1.29, 1.82) is 0 Å². The minimum atomic E-state index is 0. The van der Waals surface area contributed by atoms with E-state index in [4.69, 9.17) is 4.74 Å². The Labute approximate surface area is 159 Å². The lowest BCUT2D eigenvalue weighted by Gasteiger charge is -2.31. The van der Waals surface area contributed by atoms with Gasteiger partial charge in [-0.3, -0.25) is 9.89 Å². The lowest BCUT2D eigenvalue weighted by Crippen LogP contribution is -2.41. The van der Waals surface area contributed by atoms with Crippen LogP contribution in [0.3, 0.4) is 0 Å². The number of nitrogens with one attached hydrogen (secondary N) is 2. The van der Waals surface area contributed by atoms with Crippen LogP contribution in [0.4, 0.5) is 0 Å². The smallest absolute Gasteiger partial charge is 0.274 e. The van der Waals surface area contributed by atoms with Gasteiger partial charge in [-0.2, -0.15) is 5.10 Å². The summed E-state index contributed by atoms with van der Waals surface area (Å²) < 4.78 is 6.01. The topological polar surface area (TPSA) is 70.2 Å². The molecular weight excluding hydrogens is 352 g/mol. The highest BCUT2D eigenvalue weighted by atomic mass is 35.5. The molecule has 0 spiro atoms. The molecule has 1 saturated heterocycles. The van der Waals surface area contributed by atoms with Crippen molar-refractivity contribution in [3.8, 4) is 0 Å². The summed E-state index contributed by atoms with van der Waals surface area (Å²) in [5.74, 6) is 0.0442. The third-order valence-corrected chi connectivity index (χ3v) is 5.07. The Morgan fingerprint density at radius 2 is 2.00 bits per heavy atom. The van der Waals surface area contributed by atoms with Gasteiger partial charge in [0.15, 0.2) is 5.69 Å². The summed E-state index contributed by atoms with van der Waals surface area (Å²) in [7, 11) is 0. The van der Waals surface area contributed by atoms with Crippen LogP contribution < -0.4 is 5.32 Å².